The van der Waals surface area contributed by atoms with Gasteiger partial charge in [0.2, 0.25) is 0 Å². The van der Waals surface area contributed by atoms with Gasteiger partial charge in [-0.3, -0.25) is 4.84 Å². The summed E-state index contributed by atoms with van der Waals surface area (Å²) in [6.07, 6.45) is 0. The minimum atomic E-state index is -0.592. The Bertz CT molecular complexity index is 509. The van der Waals surface area contributed by atoms with Crippen molar-refractivity contribution in [1.29, 1.82) is 0 Å². The molecule has 0 aliphatic carbocycles. The van der Waals surface area contributed by atoms with Gasteiger partial charge in [-0.2, -0.15) is 0 Å². The lowest BCUT2D eigenvalue weighted by Crippen LogP contribution is -2.25. The first-order chi connectivity index (χ1) is 8.63. The van der Waals surface area contributed by atoms with Crippen molar-refractivity contribution in [2.45, 2.75) is 19.4 Å². The van der Waals surface area contributed by atoms with Gasteiger partial charge in [0, 0.05) is 5.56 Å². The number of benzene rings is 2. The molecule has 0 fully saturated rings. The quantitative estimate of drug-likeness (QED) is 0.834. The Kier molecular flexibility index (Phi) is 3.65. The largest absolute Gasteiger partial charge is 0.457 e. The molecule has 0 unspecified atom stereocenters. The zero-order chi connectivity index (χ0) is 13.0. The molecule has 18 heavy (non-hydrogen) atoms. The molecule has 0 radical (unpaired) electrons. The first kappa shape index (κ1) is 12.6. The average Bonchev–Trinajstić information content (AvgIpc) is 2.40. The molecule has 0 aliphatic heterocycles. The smallest absolute Gasteiger partial charge is 0.133 e. The highest BCUT2D eigenvalue weighted by Crippen LogP contribution is 2.33. The molecule has 94 valence electrons. The van der Waals surface area contributed by atoms with Gasteiger partial charge in [-0.25, -0.2) is 5.90 Å². The predicted molar refractivity (Wildman–Crippen MR) is 71.3 cm³/mol. The zero-order valence-corrected chi connectivity index (χ0v) is 10.6. The molecule has 2 N–H and O–H groups in total. The maximum absolute atomic E-state index is 5.86. The molecule has 0 aromatic heterocycles. The number of hydrogen-bond donors (Lipinski definition) is 1. The second-order valence-corrected chi connectivity index (χ2v) is 4.54. The summed E-state index contributed by atoms with van der Waals surface area (Å²) in [5, 5.41) is 0. The summed E-state index contributed by atoms with van der Waals surface area (Å²) < 4.78 is 5.86. The first-order valence-electron chi connectivity index (χ1n) is 5.84. The maximum atomic E-state index is 5.86. The molecule has 0 bridgehead atoms. The van der Waals surface area contributed by atoms with Gasteiger partial charge in [0.15, 0.2) is 0 Å². The Morgan fingerprint density at radius 1 is 0.889 bits per heavy atom. The fourth-order valence-electron chi connectivity index (χ4n) is 1.73. The first-order valence-corrected chi connectivity index (χ1v) is 5.84. The van der Waals surface area contributed by atoms with E-state index in [4.69, 9.17) is 15.5 Å². The van der Waals surface area contributed by atoms with Crippen molar-refractivity contribution in [3.8, 4) is 11.5 Å². The highest BCUT2D eigenvalue weighted by atomic mass is 16.6. The summed E-state index contributed by atoms with van der Waals surface area (Å²) >= 11 is 0. The van der Waals surface area contributed by atoms with Gasteiger partial charge >= 0.3 is 0 Å². The van der Waals surface area contributed by atoms with Crippen LogP contribution in [0.15, 0.2) is 54.6 Å². The van der Waals surface area contributed by atoms with E-state index < -0.39 is 5.60 Å². The number of nitrogens with two attached hydrogens (primary N) is 1. The van der Waals surface area contributed by atoms with Crippen LogP contribution in [-0.4, -0.2) is 0 Å². The summed E-state index contributed by atoms with van der Waals surface area (Å²) in [5.41, 5.74) is 0.321. The molecule has 3 nitrogen and oxygen atoms in total. The van der Waals surface area contributed by atoms with Crippen molar-refractivity contribution < 1.29 is 9.57 Å². The molecule has 0 saturated carbocycles. The van der Waals surface area contributed by atoms with E-state index in [9.17, 15) is 0 Å². The minimum absolute atomic E-state index is 0.592. The highest BCUT2D eigenvalue weighted by molar-refractivity contribution is 5.40. The Labute approximate surface area is 107 Å². The van der Waals surface area contributed by atoms with Gasteiger partial charge in [0.1, 0.15) is 17.1 Å². The van der Waals surface area contributed by atoms with E-state index in [1.807, 2.05) is 68.4 Å². The van der Waals surface area contributed by atoms with E-state index in [1.165, 1.54) is 0 Å². The van der Waals surface area contributed by atoms with Crippen LogP contribution in [0.4, 0.5) is 0 Å². The predicted octanol–water partition coefficient (Wildman–Crippen LogP) is 3.60. The van der Waals surface area contributed by atoms with E-state index in [0.717, 1.165) is 17.1 Å². The number of ether oxygens (including phenoxy) is 1. The van der Waals surface area contributed by atoms with Crippen molar-refractivity contribution in [1.82, 2.24) is 0 Å². The second-order valence-electron chi connectivity index (χ2n) is 4.54. The van der Waals surface area contributed by atoms with E-state index in [0.29, 0.717) is 0 Å². The molecule has 0 aliphatic rings. The molecule has 2 rings (SSSR count). The molecule has 0 heterocycles. The van der Waals surface area contributed by atoms with Crippen molar-refractivity contribution in [3.05, 3.63) is 60.2 Å². The Morgan fingerprint density at radius 3 is 2.17 bits per heavy atom. The summed E-state index contributed by atoms with van der Waals surface area (Å²) in [5.74, 6) is 6.88. The van der Waals surface area contributed by atoms with Crippen LogP contribution < -0.4 is 10.6 Å². The molecule has 0 spiro atoms. The molecule has 0 atom stereocenters. The van der Waals surface area contributed by atoms with Crippen molar-refractivity contribution in [2.24, 2.45) is 5.90 Å². The van der Waals surface area contributed by atoms with Crippen LogP contribution in [0.3, 0.4) is 0 Å². The molecular weight excluding hydrogens is 226 g/mol. The lowest BCUT2D eigenvalue weighted by atomic mass is 9.97. The monoisotopic (exact) mass is 243 g/mol. The fraction of sp³-hybridized carbons (Fsp3) is 0.200. The molecule has 2 aromatic carbocycles. The maximum Gasteiger partial charge on any atom is 0.133 e. The summed E-state index contributed by atoms with van der Waals surface area (Å²) in [6.45, 7) is 3.81. The number of rotatable bonds is 4. The van der Waals surface area contributed by atoms with Gasteiger partial charge in [-0.05, 0) is 32.0 Å². The van der Waals surface area contributed by atoms with E-state index in [-0.39, 0.29) is 0 Å². The third-order valence-electron chi connectivity index (χ3n) is 2.80. The Hall–Kier alpha value is -1.84. The summed E-state index contributed by atoms with van der Waals surface area (Å²) in [4.78, 5) is 5.02. The van der Waals surface area contributed by atoms with E-state index in [2.05, 4.69) is 0 Å². The fourth-order valence-corrected chi connectivity index (χ4v) is 1.73. The van der Waals surface area contributed by atoms with Crippen molar-refractivity contribution in [2.75, 3.05) is 0 Å². The summed E-state index contributed by atoms with van der Waals surface area (Å²) in [6, 6.07) is 17.4. The topological polar surface area (TPSA) is 44.5 Å². The van der Waals surface area contributed by atoms with Crippen molar-refractivity contribution in [3.63, 3.8) is 0 Å². The number of hydrogen-bond acceptors (Lipinski definition) is 3. The third-order valence-corrected chi connectivity index (χ3v) is 2.80. The minimum Gasteiger partial charge on any atom is -0.457 e. The SMILES string of the molecule is CC(C)(ON)c1ccccc1Oc1ccccc1. The average molecular weight is 243 g/mol. The zero-order valence-electron chi connectivity index (χ0n) is 10.6. The Balaban J connectivity index is 2.34. The van der Waals surface area contributed by atoms with Gasteiger partial charge in [0.25, 0.3) is 0 Å². The highest BCUT2D eigenvalue weighted by Gasteiger charge is 2.24. The Morgan fingerprint density at radius 2 is 1.50 bits per heavy atom. The molecule has 3 heteroatoms. The van der Waals surface area contributed by atoms with Crippen LogP contribution in [-0.2, 0) is 10.4 Å². The number of para-hydroxylation sites is 2. The van der Waals surface area contributed by atoms with Crippen LogP contribution in [0.5, 0.6) is 11.5 Å². The van der Waals surface area contributed by atoms with Gasteiger partial charge in [-0.1, -0.05) is 36.4 Å². The lowest BCUT2D eigenvalue weighted by molar-refractivity contribution is -0.0248. The normalized spacial score (nSPS) is 11.3. The van der Waals surface area contributed by atoms with Crippen LogP contribution in [0.25, 0.3) is 0 Å². The standard InChI is InChI=1S/C15H17NO2/c1-15(2,18-16)13-10-6-7-11-14(13)17-12-8-4-3-5-9-12/h3-11H,16H2,1-2H3. The van der Waals surface area contributed by atoms with Crippen LogP contribution in [0, 0.1) is 0 Å². The lowest BCUT2D eigenvalue weighted by Gasteiger charge is -2.24. The van der Waals surface area contributed by atoms with Gasteiger partial charge in [-0.15, -0.1) is 0 Å². The van der Waals surface area contributed by atoms with Crippen LogP contribution in [0.1, 0.15) is 19.4 Å². The van der Waals surface area contributed by atoms with Crippen LogP contribution in [0.2, 0.25) is 0 Å². The molecule has 2 aromatic rings. The third kappa shape index (κ3) is 2.70. The summed E-state index contributed by atoms with van der Waals surface area (Å²) in [7, 11) is 0. The second kappa shape index (κ2) is 5.21. The van der Waals surface area contributed by atoms with E-state index >= 15 is 0 Å². The van der Waals surface area contributed by atoms with Crippen molar-refractivity contribution >= 4 is 0 Å². The van der Waals surface area contributed by atoms with Gasteiger partial charge < -0.3 is 4.74 Å². The molecular formula is C15H17NO2. The molecule has 0 amide bonds. The van der Waals surface area contributed by atoms with Gasteiger partial charge in [0.05, 0.1) is 0 Å². The van der Waals surface area contributed by atoms with Crippen LogP contribution >= 0.6 is 0 Å². The van der Waals surface area contributed by atoms with E-state index in [1.54, 1.807) is 0 Å². The molecule has 0 saturated heterocycles.